The van der Waals surface area contributed by atoms with Crippen LogP contribution >= 0.6 is 11.3 Å². The van der Waals surface area contributed by atoms with Crippen LogP contribution in [0.4, 0.5) is 10.2 Å². The van der Waals surface area contributed by atoms with Crippen LogP contribution in [-0.2, 0) is 29.2 Å². The number of benzene rings is 1. The van der Waals surface area contributed by atoms with Crippen molar-refractivity contribution >= 4 is 33.5 Å². The first-order valence-electron chi connectivity index (χ1n) is 13.9. The van der Waals surface area contributed by atoms with Gasteiger partial charge in [-0.25, -0.2) is 14.2 Å². The fourth-order valence-corrected chi connectivity index (χ4v) is 6.26. The molecule has 2 aliphatic heterocycles. The number of anilines is 1. The summed E-state index contributed by atoms with van der Waals surface area (Å²) in [5, 5.41) is 8.95. The summed E-state index contributed by atoms with van der Waals surface area (Å²) in [7, 11) is 1.39. The van der Waals surface area contributed by atoms with Crippen LogP contribution < -0.4 is 9.64 Å². The van der Waals surface area contributed by atoms with Gasteiger partial charge in [-0.3, -0.25) is 4.90 Å². The molecule has 0 amide bonds. The molecule has 5 heterocycles. The molecule has 10 nitrogen and oxygen atoms in total. The second-order valence-corrected chi connectivity index (χ2v) is 11.5. The van der Waals surface area contributed by atoms with Crippen molar-refractivity contribution in [3.63, 3.8) is 0 Å². The molecule has 42 heavy (non-hydrogen) atoms. The van der Waals surface area contributed by atoms with Crippen molar-refractivity contribution < 1.29 is 23.4 Å². The highest BCUT2D eigenvalue weighted by molar-refractivity contribution is 7.20. The minimum atomic E-state index is -0.472. The van der Waals surface area contributed by atoms with Crippen LogP contribution in [0.5, 0.6) is 5.88 Å². The van der Waals surface area contributed by atoms with E-state index in [1.165, 1.54) is 24.5 Å². The van der Waals surface area contributed by atoms with Crippen LogP contribution in [0.1, 0.15) is 40.0 Å². The van der Waals surface area contributed by atoms with Crippen LogP contribution in [0.3, 0.4) is 0 Å². The number of nitrogens with zero attached hydrogens (tertiary/aromatic N) is 6. The number of methoxy groups -OCH3 is 1. The summed E-state index contributed by atoms with van der Waals surface area (Å²) in [6.45, 7) is 6.75. The van der Waals surface area contributed by atoms with E-state index in [9.17, 15) is 9.18 Å². The lowest BCUT2D eigenvalue weighted by molar-refractivity contribution is -0.0592. The third-order valence-electron chi connectivity index (χ3n) is 7.79. The molecule has 0 spiro atoms. The van der Waals surface area contributed by atoms with Crippen molar-refractivity contribution in [2.75, 3.05) is 38.3 Å². The summed E-state index contributed by atoms with van der Waals surface area (Å²) in [4.78, 5) is 27.7. The van der Waals surface area contributed by atoms with Crippen molar-refractivity contribution in [1.82, 2.24) is 19.4 Å². The van der Waals surface area contributed by atoms with E-state index in [1.807, 2.05) is 24.3 Å². The predicted molar refractivity (Wildman–Crippen MR) is 155 cm³/mol. The van der Waals surface area contributed by atoms with Crippen LogP contribution in [-0.4, -0.2) is 70.9 Å². The molecule has 218 valence electrons. The molecule has 2 fully saturated rings. The van der Waals surface area contributed by atoms with Crippen molar-refractivity contribution in [3.05, 3.63) is 70.1 Å². The van der Waals surface area contributed by atoms with E-state index >= 15 is 0 Å². The van der Waals surface area contributed by atoms with E-state index in [0.29, 0.717) is 29.4 Å². The van der Waals surface area contributed by atoms with Crippen molar-refractivity contribution in [3.8, 4) is 11.9 Å². The normalized spacial score (nSPS) is 19.0. The van der Waals surface area contributed by atoms with E-state index in [0.717, 1.165) is 54.7 Å². The number of piperazine rings is 1. The molecule has 0 aliphatic carbocycles. The van der Waals surface area contributed by atoms with Crippen molar-refractivity contribution in [2.45, 2.75) is 45.2 Å². The van der Waals surface area contributed by atoms with Gasteiger partial charge < -0.3 is 23.7 Å². The maximum absolute atomic E-state index is 14.3. The molecule has 0 radical (unpaired) electrons. The second-order valence-electron chi connectivity index (χ2n) is 10.5. The maximum Gasteiger partial charge on any atom is 0.348 e. The highest BCUT2D eigenvalue weighted by atomic mass is 32.1. The van der Waals surface area contributed by atoms with Gasteiger partial charge in [0.25, 0.3) is 0 Å². The third kappa shape index (κ3) is 5.81. The topological polar surface area (TPSA) is 106 Å². The summed E-state index contributed by atoms with van der Waals surface area (Å²) in [5.41, 5.74) is 1.58. The minimum Gasteiger partial charge on any atom is -0.473 e. The number of thiophene rings is 1. The van der Waals surface area contributed by atoms with Gasteiger partial charge in [0, 0.05) is 43.9 Å². The molecule has 0 bridgehead atoms. The lowest BCUT2D eigenvalue weighted by Gasteiger charge is -2.40. The average Bonchev–Trinajstić information content (AvgIpc) is 3.53. The van der Waals surface area contributed by atoms with Gasteiger partial charge in [0.15, 0.2) is 0 Å². The zero-order chi connectivity index (χ0) is 29.2. The van der Waals surface area contributed by atoms with Gasteiger partial charge in [-0.1, -0.05) is 12.1 Å². The number of pyridine rings is 1. The Morgan fingerprint density at radius 1 is 1.24 bits per heavy atom. The van der Waals surface area contributed by atoms with Crippen molar-refractivity contribution in [1.29, 1.82) is 5.26 Å². The number of fused-ring (bicyclic) bond motifs is 1. The molecular weight excluding hydrogens is 559 g/mol. The zero-order valence-corrected chi connectivity index (χ0v) is 24.3. The number of ether oxygens (including phenoxy) is 3. The largest absolute Gasteiger partial charge is 0.473 e. The van der Waals surface area contributed by atoms with Crippen LogP contribution in [0.2, 0.25) is 0 Å². The van der Waals surface area contributed by atoms with Gasteiger partial charge in [-0.05, 0) is 37.6 Å². The first-order chi connectivity index (χ1) is 20.4. The molecule has 2 saturated heterocycles. The Hall–Kier alpha value is -4.05. The second kappa shape index (κ2) is 12.1. The molecule has 4 aromatic rings. The van der Waals surface area contributed by atoms with E-state index in [1.54, 1.807) is 18.2 Å². The zero-order valence-electron chi connectivity index (χ0n) is 23.5. The fraction of sp³-hybridized carbons (Fsp3) is 0.400. The number of hydrogen-bond donors (Lipinski definition) is 0. The molecule has 0 saturated carbocycles. The third-order valence-corrected chi connectivity index (χ3v) is 8.79. The summed E-state index contributed by atoms with van der Waals surface area (Å²) in [6.07, 6.45) is 1.17. The molecule has 2 atom stereocenters. The summed E-state index contributed by atoms with van der Waals surface area (Å²) in [5.74, 6) is 1.36. The standard InChI is InChI=1S/C30H31FN6O4S/c1-19-15-36(26-4-3-5-28(33-26)41-18-21-7-6-20(14-32)12-23(21)31)10-9-35(19)17-27-34-29-24(13-25(42-29)30(38)39-2)37(27)16-22-8-11-40-22/h3-7,12-13,19,22H,8-11,15-18H2,1-2H3/t19-,22-/m0/s1. The Morgan fingerprint density at radius 2 is 2.10 bits per heavy atom. The Bertz CT molecular complexity index is 1640. The van der Waals surface area contributed by atoms with Gasteiger partial charge in [0.1, 0.15) is 33.8 Å². The number of imidazole rings is 1. The lowest BCUT2D eigenvalue weighted by atomic mass is 10.1. The number of esters is 1. The smallest absolute Gasteiger partial charge is 0.348 e. The quantitative estimate of drug-likeness (QED) is 0.263. The minimum absolute atomic E-state index is 0.0231. The van der Waals surface area contributed by atoms with Crippen LogP contribution in [0.25, 0.3) is 10.3 Å². The first-order valence-corrected chi connectivity index (χ1v) is 14.7. The Balaban J connectivity index is 1.12. The Kier molecular flexibility index (Phi) is 8.06. The molecule has 6 rings (SSSR count). The number of carbonyl (C=O) groups is 1. The van der Waals surface area contributed by atoms with Crippen LogP contribution in [0, 0.1) is 17.1 Å². The number of rotatable bonds is 9. The number of aromatic nitrogens is 3. The highest BCUT2D eigenvalue weighted by Gasteiger charge is 2.29. The summed E-state index contributed by atoms with van der Waals surface area (Å²) in [6, 6.07) is 14.0. The van der Waals surface area contributed by atoms with Gasteiger partial charge >= 0.3 is 5.97 Å². The van der Waals surface area contributed by atoms with Gasteiger partial charge in [0.2, 0.25) is 5.88 Å². The monoisotopic (exact) mass is 590 g/mol. The summed E-state index contributed by atoms with van der Waals surface area (Å²) >= 11 is 1.36. The van der Waals surface area contributed by atoms with E-state index in [-0.39, 0.29) is 30.3 Å². The maximum atomic E-state index is 14.3. The molecule has 1 aromatic carbocycles. The average molecular weight is 591 g/mol. The highest BCUT2D eigenvalue weighted by Crippen LogP contribution is 2.30. The molecule has 0 unspecified atom stereocenters. The van der Waals surface area contributed by atoms with E-state index in [4.69, 9.17) is 24.5 Å². The van der Waals surface area contributed by atoms with E-state index in [2.05, 4.69) is 26.3 Å². The number of hydrogen-bond acceptors (Lipinski definition) is 10. The predicted octanol–water partition coefficient (Wildman–Crippen LogP) is 4.37. The van der Waals surface area contributed by atoms with Crippen molar-refractivity contribution in [2.24, 2.45) is 0 Å². The van der Waals surface area contributed by atoms with E-state index < -0.39 is 5.82 Å². The Labute approximate surface area is 246 Å². The lowest BCUT2D eigenvalue weighted by Crippen LogP contribution is -2.52. The molecule has 2 aliphatic rings. The number of nitriles is 1. The molecule has 12 heteroatoms. The fourth-order valence-electron chi connectivity index (χ4n) is 5.29. The number of halogens is 1. The number of carbonyl (C=O) groups excluding carboxylic acids is 1. The van der Waals surface area contributed by atoms with Gasteiger partial charge in [-0.15, -0.1) is 11.3 Å². The Morgan fingerprint density at radius 3 is 2.81 bits per heavy atom. The first kappa shape index (κ1) is 28.1. The molecular formula is C30H31FN6O4S. The van der Waals surface area contributed by atoms with Crippen LogP contribution in [0.15, 0.2) is 42.5 Å². The van der Waals surface area contributed by atoms with Gasteiger partial charge in [0.05, 0.1) is 43.5 Å². The SMILES string of the molecule is COC(=O)c1cc2c(nc(CN3CCN(c4cccc(OCc5ccc(C#N)cc5F)n4)C[C@@H]3C)n2C[C@@H]2CCO2)s1. The molecule has 3 aromatic heterocycles. The molecule has 0 N–H and O–H groups in total. The van der Waals surface area contributed by atoms with Gasteiger partial charge in [-0.2, -0.15) is 10.2 Å². The summed E-state index contributed by atoms with van der Waals surface area (Å²) < 4.78 is 32.9.